The van der Waals surface area contributed by atoms with Gasteiger partial charge in [-0.1, -0.05) is 66.8 Å². The van der Waals surface area contributed by atoms with Gasteiger partial charge in [0.05, 0.1) is 6.20 Å². The molecule has 0 aliphatic carbocycles. The Labute approximate surface area is 112 Å². The minimum atomic E-state index is 0.672. The predicted octanol–water partition coefficient (Wildman–Crippen LogP) is 4.64. The van der Waals surface area contributed by atoms with E-state index in [9.17, 15) is 0 Å². The third-order valence-corrected chi connectivity index (χ3v) is 2.31. The molecule has 19 heavy (non-hydrogen) atoms. The molecule has 0 spiro atoms. The van der Waals surface area contributed by atoms with Crippen molar-refractivity contribution < 1.29 is 4.84 Å². The van der Waals surface area contributed by atoms with Crippen LogP contribution in [0.25, 0.3) is 6.08 Å². The average molecular weight is 250 g/mol. The van der Waals surface area contributed by atoms with Crippen LogP contribution in [0.2, 0.25) is 0 Å². The van der Waals surface area contributed by atoms with Gasteiger partial charge in [-0.2, -0.15) is 0 Å². The molecule has 1 aliphatic heterocycles. The molecule has 0 fully saturated rings. The predicted molar refractivity (Wildman–Crippen MR) is 77.5 cm³/mol. The van der Waals surface area contributed by atoms with Gasteiger partial charge in [0.25, 0.3) is 0 Å². The van der Waals surface area contributed by atoms with Crippen LogP contribution in [0.4, 0.5) is 0 Å². The number of benzene rings is 1. The summed E-state index contributed by atoms with van der Waals surface area (Å²) in [6.07, 6.45) is 18.9. The molecule has 0 saturated carbocycles. The van der Waals surface area contributed by atoms with Gasteiger partial charge in [0.1, 0.15) is 0 Å². The second kappa shape index (κ2) is 7.61. The van der Waals surface area contributed by atoms with Crippen molar-refractivity contribution in [2.24, 2.45) is 10.4 Å². The topological polar surface area (TPSA) is 34.0 Å². The van der Waals surface area contributed by atoms with Gasteiger partial charge in [0.2, 0.25) is 0 Å². The van der Waals surface area contributed by atoms with Gasteiger partial charge in [-0.15, -0.1) is 5.11 Å². The number of hydrogen-bond acceptors (Lipinski definition) is 3. The number of allylic oxidation sites excluding steroid dienone is 8. The zero-order chi connectivity index (χ0) is 13.2. The molecule has 94 valence electrons. The summed E-state index contributed by atoms with van der Waals surface area (Å²) in [5.41, 5.74) is 0.951. The zero-order valence-electron chi connectivity index (χ0n) is 10.4. The van der Waals surface area contributed by atoms with Gasteiger partial charge in [-0.05, 0) is 12.1 Å². The highest BCUT2D eigenvalue weighted by molar-refractivity contribution is 5.58. The Balaban J connectivity index is 2.26. The van der Waals surface area contributed by atoms with Crippen LogP contribution in [0.5, 0.6) is 5.75 Å². The molecule has 0 N–H and O–H groups in total. The van der Waals surface area contributed by atoms with Gasteiger partial charge >= 0.3 is 0 Å². The number of fused-ring (bicyclic) bond motifs is 1. The first-order valence-corrected chi connectivity index (χ1v) is 5.96. The molecule has 1 aromatic rings. The molecule has 0 unspecified atom stereocenters. The smallest absolute Gasteiger partial charge is 0.167 e. The van der Waals surface area contributed by atoms with Crippen LogP contribution in [0.1, 0.15) is 5.56 Å². The lowest BCUT2D eigenvalue weighted by atomic mass is 10.2. The van der Waals surface area contributed by atoms with E-state index >= 15 is 0 Å². The summed E-state index contributed by atoms with van der Waals surface area (Å²) in [7, 11) is 0. The molecular formula is C16H14N2O. The second-order valence-corrected chi connectivity index (χ2v) is 3.68. The SMILES string of the molecule is C1=C\C=C\C=C\c2ccccc2O/N=N\C=C/C=C/1. The van der Waals surface area contributed by atoms with Crippen LogP contribution in [-0.2, 0) is 0 Å². The third-order valence-electron chi connectivity index (χ3n) is 2.31. The summed E-state index contributed by atoms with van der Waals surface area (Å²) in [5.74, 6) is 0.672. The van der Waals surface area contributed by atoms with E-state index in [1.807, 2.05) is 72.9 Å². The lowest BCUT2D eigenvalue weighted by Crippen LogP contribution is -1.84. The zero-order valence-corrected chi connectivity index (χ0v) is 10.4. The van der Waals surface area contributed by atoms with Crippen molar-refractivity contribution in [1.82, 2.24) is 0 Å². The Hall–Kier alpha value is -2.68. The molecular weight excluding hydrogens is 236 g/mol. The largest absolute Gasteiger partial charge is 0.339 e. The molecule has 0 atom stereocenters. The number of rotatable bonds is 0. The van der Waals surface area contributed by atoms with Gasteiger partial charge < -0.3 is 4.84 Å². The van der Waals surface area contributed by atoms with Crippen LogP contribution in [-0.4, -0.2) is 0 Å². The molecule has 1 aliphatic rings. The fourth-order valence-electron chi connectivity index (χ4n) is 1.43. The van der Waals surface area contributed by atoms with E-state index in [-0.39, 0.29) is 0 Å². The maximum absolute atomic E-state index is 5.26. The first-order chi connectivity index (χ1) is 9.47. The molecule has 0 saturated heterocycles. The Kier molecular flexibility index (Phi) is 5.11. The van der Waals surface area contributed by atoms with Crippen LogP contribution in [0.3, 0.4) is 0 Å². The fraction of sp³-hybridized carbons (Fsp3) is 0. The lowest BCUT2D eigenvalue weighted by molar-refractivity contribution is 0.311. The molecule has 3 nitrogen and oxygen atoms in total. The van der Waals surface area contributed by atoms with E-state index in [0.29, 0.717) is 5.75 Å². The minimum absolute atomic E-state index is 0.672. The summed E-state index contributed by atoms with van der Waals surface area (Å²) in [6.45, 7) is 0. The van der Waals surface area contributed by atoms with Crippen molar-refractivity contribution in [1.29, 1.82) is 0 Å². The summed E-state index contributed by atoms with van der Waals surface area (Å²) < 4.78 is 0. The van der Waals surface area contributed by atoms with Crippen LogP contribution < -0.4 is 4.84 Å². The highest BCUT2D eigenvalue weighted by Gasteiger charge is 1.98. The van der Waals surface area contributed by atoms with Gasteiger partial charge in [-0.3, -0.25) is 0 Å². The summed E-state index contributed by atoms with van der Waals surface area (Å²) in [4.78, 5) is 5.26. The summed E-state index contributed by atoms with van der Waals surface area (Å²) >= 11 is 0. The Morgan fingerprint density at radius 1 is 0.737 bits per heavy atom. The first kappa shape index (κ1) is 12.8. The molecule has 3 heteroatoms. The van der Waals surface area contributed by atoms with E-state index < -0.39 is 0 Å². The van der Waals surface area contributed by atoms with Crippen molar-refractivity contribution in [3.63, 3.8) is 0 Å². The van der Waals surface area contributed by atoms with Gasteiger partial charge in [0, 0.05) is 10.8 Å². The quantitative estimate of drug-likeness (QED) is 0.660. The van der Waals surface area contributed by atoms with Crippen molar-refractivity contribution in [2.75, 3.05) is 0 Å². The molecule has 2 rings (SSSR count). The van der Waals surface area contributed by atoms with Crippen molar-refractivity contribution >= 4 is 6.08 Å². The normalized spacial score (nSPS) is 24.6. The first-order valence-electron chi connectivity index (χ1n) is 5.96. The second-order valence-electron chi connectivity index (χ2n) is 3.68. The number of hydrogen-bond donors (Lipinski definition) is 0. The molecule has 0 bridgehead atoms. The molecule has 1 aromatic carbocycles. The maximum Gasteiger partial charge on any atom is 0.167 e. The van der Waals surface area contributed by atoms with Crippen molar-refractivity contribution in [3.8, 4) is 5.75 Å². The van der Waals surface area contributed by atoms with Crippen molar-refractivity contribution in [2.45, 2.75) is 0 Å². The standard InChI is InChI=1S/C16H14N2O/c1-2-4-6-10-14-17-18-19-16-13-9-8-12-15(16)11-7-5-3-1/h1-14H/b2-1-,5-3+,6-4+,11-7+,14-10-,18-17-. The fourth-order valence-corrected chi connectivity index (χ4v) is 1.43. The van der Waals surface area contributed by atoms with Crippen LogP contribution >= 0.6 is 0 Å². The third kappa shape index (κ3) is 4.60. The molecule has 0 radical (unpaired) electrons. The Morgan fingerprint density at radius 2 is 1.42 bits per heavy atom. The van der Waals surface area contributed by atoms with E-state index in [4.69, 9.17) is 4.84 Å². The van der Waals surface area contributed by atoms with E-state index in [0.717, 1.165) is 5.56 Å². The highest BCUT2D eigenvalue weighted by atomic mass is 16.6. The number of nitrogens with zero attached hydrogens (tertiary/aromatic N) is 2. The summed E-state index contributed by atoms with van der Waals surface area (Å²) in [6, 6.07) is 7.66. The van der Waals surface area contributed by atoms with E-state index in [1.165, 1.54) is 0 Å². The molecule has 0 amide bonds. The Bertz CT molecular complexity index is 578. The molecule has 0 aromatic heterocycles. The minimum Gasteiger partial charge on any atom is -0.339 e. The lowest BCUT2D eigenvalue weighted by Gasteiger charge is -2.00. The monoisotopic (exact) mass is 250 g/mol. The average Bonchev–Trinajstić information content (AvgIpc) is 2.45. The van der Waals surface area contributed by atoms with Gasteiger partial charge in [0.15, 0.2) is 5.75 Å². The molecule has 1 heterocycles. The highest BCUT2D eigenvalue weighted by Crippen LogP contribution is 2.19. The van der Waals surface area contributed by atoms with E-state index in [1.54, 1.807) is 12.3 Å². The van der Waals surface area contributed by atoms with Crippen LogP contribution in [0, 0.1) is 0 Å². The van der Waals surface area contributed by atoms with Crippen molar-refractivity contribution in [3.05, 3.63) is 84.6 Å². The maximum atomic E-state index is 5.26. The van der Waals surface area contributed by atoms with Crippen LogP contribution in [0.15, 0.2) is 89.5 Å². The Morgan fingerprint density at radius 3 is 2.26 bits per heavy atom. The van der Waals surface area contributed by atoms with Gasteiger partial charge in [-0.25, -0.2) is 0 Å². The number of para-hydroxylation sites is 1. The summed E-state index contributed by atoms with van der Waals surface area (Å²) in [5, 5.41) is 7.45. The van der Waals surface area contributed by atoms with E-state index in [2.05, 4.69) is 10.4 Å².